The van der Waals surface area contributed by atoms with E-state index in [9.17, 15) is 9.50 Å². The first-order valence-corrected chi connectivity index (χ1v) is 5.02. The normalized spacial score (nSPS) is 11.8. The molecule has 0 saturated carbocycles. The Kier molecular flexibility index (Phi) is 3.27. The third kappa shape index (κ3) is 1.95. The van der Waals surface area contributed by atoms with Gasteiger partial charge in [-0.1, -0.05) is 26.0 Å². The summed E-state index contributed by atoms with van der Waals surface area (Å²) in [6.45, 7) is 5.58. The molecule has 0 aliphatic heterocycles. The molecule has 1 nitrogen and oxygen atoms in total. The Bertz CT molecular complexity index is 316. The fraction of sp³-hybridized carbons (Fsp3) is 0.500. The number of rotatable bonds is 3. The van der Waals surface area contributed by atoms with Crippen LogP contribution in [-0.2, 0) is 5.60 Å². The lowest BCUT2D eigenvalue weighted by Crippen LogP contribution is -2.23. The van der Waals surface area contributed by atoms with Gasteiger partial charge in [0.15, 0.2) is 0 Å². The van der Waals surface area contributed by atoms with Gasteiger partial charge in [-0.05, 0) is 37.0 Å². The largest absolute Gasteiger partial charge is 0.385 e. The molecule has 1 N–H and O–H groups in total. The van der Waals surface area contributed by atoms with E-state index in [1.165, 1.54) is 6.07 Å². The molecule has 78 valence electrons. The van der Waals surface area contributed by atoms with Gasteiger partial charge in [-0.2, -0.15) is 0 Å². The Balaban J connectivity index is 3.12. The van der Waals surface area contributed by atoms with Gasteiger partial charge < -0.3 is 5.11 Å². The Hall–Kier alpha value is -0.890. The van der Waals surface area contributed by atoms with E-state index in [1.807, 2.05) is 13.8 Å². The highest BCUT2D eigenvalue weighted by Crippen LogP contribution is 2.29. The zero-order chi connectivity index (χ0) is 10.8. The first-order valence-electron chi connectivity index (χ1n) is 5.02. The summed E-state index contributed by atoms with van der Waals surface area (Å²) in [6, 6.07) is 4.80. The first kappa shape index (κ1) is 11.2. The molecule has 0 aliphatic carbocycles. The molecule has 1 aromatic rings. The van der Waals surface area contributed by atoms with Crippen molar-refractivity contribution in [3.8, 4) is 0 Å². The van der Waals surface area contributed by atoms with Crippen molar-refractivity contribution in [2.45, 2.75) is 39.2 Å². The Morgan fingerprint density at radius 3 is 2.29 bits per heavy atom. The highest BCUT2D eigenvalue weighted by atomic mass is 19.1. The molecule has 0 saturated heterocycles. The second-order valence-corrected chi connectivity index (χ2v) is 3.70. The predicted molar refractivity (Wildman–Crippen MR) is 55.6 cm³/mol. The van der Waals surface area contributed by atoms with Gasteiger partial charge in [0.2, 0.25) is 0 Å². The minimum Gasteiger partial charge on any atom is -0.385 e. The standard InChI is InChI=1S/C12H17FO/c1-4-12(14,5-2)10-6-7-11(13)9(3)8-10/h6-8,14H,4-5H2,1-3H3. The first-order chi connectivity index (χ1) is 6.53. The second-order valence-electron chi connectivity index (χ2n) is 3.70. The molecule has 0 aromatic heterocycles. The number of benzene rings is 1. The van der Waals surface area contributed by atoms with E-state index >= 15 is 0 Å². The van der Waals surface area contributed by atoms with E-state index in [4.69, 9.17) is 0 Å². The van der Waals surface area contributed by atoms with Crippen LogP contribution in [0.3, 0.4) is 0 Å². The minimum absolute atomic E-state index is 0.219. The van der Waals surface area contributed by atoms with Crippen molar-refractivity contribution < 1.29 is 9.50 Å². The summed E-state index contributed by atoms with van der Waals surface area (Å²) in [6.07, 6.45) is 1.29. The van der Waals surface area contributed by atoms with Crippen LogP contribution in [0.15, 0.2) is 18.2 Å². The lowest BCUT2D eigenvalue weighted by atomic mass is 9.88. The number of halogens is 1. The molecule has 0 fully saturated rings. The summed E-state index contributed by atoms with van der Waals surface area (Å²) in [7, 11) is 0. The summed E-state index contributed by atoms with van der Waals surface area (Å²) in [5, 5.41) is 10.2. The van der Waals surface area contributed by atoms with Gasteiger partial charge in [0.05, 0.1) is 5.60 Å². The number of hydrogen-bond donors (Lipinski definition) is 1. The van der Waals surface area contributed by atoms with Crippen LogP contribution in [0.2, 0.25) is 0 Å². The molecule has 0 heterocycles. The minimum atomic E-state index is -0.807. The molecule has 2 heteroatoms. The van der Waals surface area contributed by atoms with Crippen molar-refractivity contribution in [3.63, 3.8) is 0 Å². The molecule has 0 aliphatic rings. The van der Waals surface area contributed by atoms with Crippen molar-refractivity contribution in [2.24, 2.45) is 0 Å². The highest BCUT2D eigenvalue weighted by molar-refractivity contribution is 5.28. The van der Waals surface area contributed by atoms with Crippen molar-refractivity contribution in [2.75, 3.05) is 0 Å². The SMILES string of the molecule is CCC(O)(CC)c1ccc(F)c(C)c1. The highest BCUT2D eigenvalue weighted by Gasteiger charge is 2.24. The molecule has 0 atom stereocenters. The molecule has 1 aromatic carbocycles. The summed E-state index contributed by atoms with van der Waals surface area (Å²) in [5.74, 6) is -0.219. The zero-order valence-corrected chi connectivity index (χ0v) is 8.97. The topological polar surface area (TPSA) is 20.2 Å². The third-order valence-corrected chi connectivity index (χ3v) is 2.87. The van der Waals surface area contributed by atoms with Gasteiger partial charge in [-0.25, -0.2) is 4.39 Å². The summed E-state index contributed by atoms with van der Waals surface area (Å²) in [4.78, 5) is 0. The van der Waals surface area contributed by atoms with Crippen LogP contribution >= 0.6 is 0 Å². The van der Waals surface area contributed by atoms with E-state index in [0.29, 0.717) is 18.4 Å². The fourth-order valence-corrected chi connectivity index (χ4v) is 1.59. The van der Waals surface area contributed by atoms with Crippen molar-refractivity contribution in [3.05, 3.63) is 35.1 Å². The summed E-state index contributed by atoms with van der Waals surface area (Å²) >= 11 is 0. The number of aryl methyl sites for hydroxylation is 1. The molecule has 0 bridgehead atoms. The van der Waals surface area contributed by atoms with Crippen LogP contribution in [0.25, 0.3) is 0 Å². The van der Waals surface area contributed by atoms with Crippen LogP contribution < -0.4 is 0 Å². The molecular weight excluding hydrogens is 179 g/mol. The Labute approximate surface area is 84.6 Å². The molecule has 0 spiro atoms. The van der Waals surface area contributed by atoms with Gasteiger partial charge in [0, 0.05) is 0 Å². The van der Waals surface area contributed by atoms with Gasteiger partial charge in [-0.3, -0.25) is 0 Å². The maximum absolute atomic E-state index is 13.0. The van der Waals surface area contributed by atoms with Crippen LogP contribution in [0.1, 0.15) is 37.8 Å². The number of hydrogen-bond acceptors (Lipinski definition) is 1. The maximum atomic E-state index is 13.0. The van der Waals surface area contributed by atoms with Crippen LogP contribution in [0.4, 0.5) is 4.39 Å². The average molecular weight is 196 g/mol. The van der Waals surface area contributed by atoms with Gasteiger partial charge >= 0.3 is 0 Å². The Morgan fingerprint density at radius 1 is 1.29 bits per heavy atom. The van der Waals surface area contributed by atoms with E-state index in [0.717, 1.165) is 5.56 Å². The van der Waals surface area contributed by atoms with Crippen molar-refractivity contribution >= 4 is 0 Å². The molecule has 0 radical (unpaired) electrons. The third-order valence-electron chi connectivity index (χ3n) is 2.87. The molecule has 14 heavy (non-hydrogen) atoms. The zero-order valence-electron chi connectivity index (χ0n) is 8.97. The molecule has 1 rings (SSSR count). The lowest BCUT2D eigenvalue weighted by Gasteiger charge is -2.26. The van der Waals surface area contributed by atoms with Crippen LogP contribution in [0, 0.1) is 12.7 Å². The predicted octanol–water partition coefficient (Wildman–Crippen LogP) is 3.14. The molecule has 0 unspecified atom stereocenters. The summed E-state index contributed by atoms with van der Waals surface area (Å²) in [5.41, 5.74) is 0.586. The smallest absolute Gasteiger partial charge is 0.126 e. The monoisotopic (exact) mass is 196 g/mol. The van der Waals surface area contributed by atoms with E-state index in [2.05, 4.69) is 0 Å². The van der Waals surface area contributed by atoms with Gasteiger partial charge in [0.1, 0.15) is 5.82 Å². The van der Waals surface area contributed by atoms with Gasteiger partial charge in [-0.15, -0.1) is 0 Å². The maximum Gasteiger partial charge on any atom is 0.126 e. The summed E-state index contributed by atoms with van der Waals surface area (Å²) < 4.78 is 13.0. The molecular formula is C12H17FO. The van der Waals surface area contributed by atoms with E-state index in [1.54, 1.807) is 19.1 Å². The average Bonchev–Trinajstić information content (AvgIpc) is 2.21. The van der Waals surface area contributed by atoms with Crippen molar-refractivity contribution in [1.82, 2.24) is 0 Å². The molecule has 0 amide bonds. The van der Waals surface area contributed by atoms with E-state index < -0.39 is 5.60 Å². The van der Waals surface area contributed by atoms with Crippen LogP contribution in [0.5, 0.6) is 0 Å². The van der Waals surface area contributed by atoms with E-state index in [-0.39, 0.29) is 5.82 Å². The quantitative estimate of drug-likeness (QED) is 0.787. The fourth-order valence-electron chi connectivity index (χ4n) is 1.59. The van der Waals surface area contributed by atoms with Crippen LogP contribution in [-0.4, -0.2) is 5.11 Å². The second kappa shape index (κ2) is 4.09. The Morgan fingerprint density at radius 2 is 1.86 bits per heavy atom. The van der Waals surface area contributed by atoms with Crippen molar-refractivity contribution in [1.29, 1.82) is 0 Å². The lowest BCUT2D eigenvalue weighted by molar-refractivity contribution is 0.0282. The number of aliphatic hydroxyl groups is 1. The van der Waals surface area contributed by atoms with Gasteiger partial charge in [0.25, 0.3) is 0 Å².